The quantitative estimate of drug-likeness (QED) is 0.145. The van der Waals surface area contributed by atoms with Crippen LogP contribution in [0.5, 0.6) is 11.5 Å². The van der Waals surface area contributed by atoms with E-state index in [-0.39, 0.29) is 0 Å². The predicted octanol–water partition coefficient (Wildman–Crippen LogP) is 14.2. The van der Waals surface area contributed by atoms with E-state index in [1.54, 1.807) is 0 Å². The summed E-state index contributed by atoms with van der Waals surface area (Å²) >= 11 is 0. The van der Waals surface area contributed by atoms with E-state index in [0.29, 0.717) is 0 Å². The predicted molar refractivity (Wildman–Crippen MR) is 237 cm³/mol. The molecule has 266 valence electrons. The second-order valence-corrected chi connectivity index (χ2v) is 15.3. The molecule has 57 heavy (non-hydrogen) atoms. The Kier molecular flexibility index (Phi) is 6.73. The lowest BCUT2D eigenvalue weighted by molar-refractivity contribution is 0.436. The maximum atomic E-state index is 7.03. The van der Waals surface area contributed by atoms with Crippen molar-refractivity contribution in [2.24, 2.45) is 0 Å². The van der Waals surface area contributed by atoms with Crippen molar-refractivity contribution in [3.05, 3.63) is 222 Å². The van der Waals surface area contributed by atoms with E-state index in [2.05, 4.69) is 194 Å². The number of nitrogen functional groups attached to an aromatic ring is 1. The SMILES string of the molecule is Nc1cccc2c1-c1cc(-c3c4ccccc4c(-c4cccc5cc(-c6ccccc6)ccc45)c4ccccc34)ccc1C21c2ccccc2Oc2ccccc21. The minimum absolute atomic E-state index is 0.577. The average Bonchev–Trinajstić information content (AvgIpc) is 3.56. The fourth-order valence-electron chi connectivity index (χ4n) is 10.2. The average molecular weight is 726 g/mol. The second-order valence-electron chi connectivity index (χ2n) is 15.3. The molecular weight excluding hydrogens is 691 g/mol. The molecule has 12 rings (SSSR count). The van der Waals surface area contributed by atoms with E-state index in [1.807, 2.05) is 6.07 Å². The summed E-state index contributed by atoms with van der Waals surface area (Å²) in [4.78, 5) is 0. The molecule has 0 aromatic heterocycles. The topological polar surface area (TPSA) is 35.2 Å². The normalized spacial score (nSPS) is 13.3. The van der Waals surface area contributed by atoms with Crippen molar-refractivity contribution in [3.8, 4) is 56.0 Å². The molecule has 2 N–H and O–H groups in total. The van der Waals surface area contributed by atoms with Crippen LogP contribution in [0.3, 0.4) is 0 Å². The number of benzene rings is 10. The zero-order valence-electron chi connectivity index (χ0n) is 31.0. The first kappa shape index (κ1) is 31.9. The third-order valence-electron chi connectivity index (χ3n) is 12.5. The molecule has 0 saturated heterocycles. The highest BCUT2D eigenvalue weighted by Crippen LogP contribution is 2.63. The van der Waals surface area contributed by atoms with Crippen LogP contribution in [0.2, 0.25) is 0 Å². The zero-order chi connectivity index (χ0) is 37.7. The van der Waals surface area contributed by atoms with Gasteiger partial charge >= 0.3 is 0 Å². The number of nitrogens with two attached hydrogens (primary N) is 1. The third-order valence-corrected chi connectivity index (χ3v) is 12.5. The van der Waals surface area contributed by atoms with E-state index < -0.39 is 5.41 Å². The molecule has 1 spiro atoms. The molecule has 0 unspecified atom stereocenters. The molecule has 2 heteroatoms. The first-order valence-corrected chi connectivity index (χ1v) is 19.6. The number of fused-ring (bicyclic) bond motifs is 12. The molecule has 0 radical (unpaired) electrons. The molecule has 0 saturated carbocycles. The van der Waals surface area contributed by atoms with Crippen LogP contribution in [0, 0.1) is 0 Å². The fraction of sp³-hybridized carbons (Fsp3) is 0.0182. The molecule has 10 aromatic rings. The van der Waals surface area contributed by atoms with Crippen LogP contribution in [0.4, 0.5) is 5.69 Å². The van der Waals surface area contributed by atoms with Gasteiger partial charge in [0, 0.05) is 22.4 Å². The Morgan fingerprint density at radius 2 is 0.912 bits per heavy atom. The molecule has 0 amide bonds. The van der Waals surface area contributed by atoms with Gasteiger partial charge in [0.05, 0.1) is 5.41 Å². The lowest BCUT2D eigenvalue weighted by atomic mass is 9.66. The Bertz CT molecular complexity index is 3180. The van der Waals surface area contributed by atoms with Gasteiger partial charge in [-0.25, -0.2) is 0 Å². The number of hydrogen-bond donors (Lipinski definition) is 1. The van der Waals surface area contributed by atoms with Gasteiger partial charge in [0.25, 0.3) is 0 Å². The molecule has 2 aliphatic rings. The lowest BCUT2D eigenvalue weighted by Crippen LogP contribution is -2.32. The summed E-state index contributed by atoms with van der Waals surface area (Å²) in [6.07, 6.45) is 0. The highest BCUT2D eigenvalue weighted by atomic mass is 16.5. The number of hydrogen-bond acceptors (Lipinski definition) is 2. The molecular formula is C55H35NO. The summed E-state index contributed by atoms with van der Waals surface area (Å²) in [5.41, 5.74) is 21.5. The van der Waals surface area contributed by atoms with Crippen molar-refractivity contribution in [2.45, 2.75) is 5.41 Å². The minimum Gasteiger partial charge on any atom is -0.457 e. The van der Waals surface area contributed by atoms with Crippen LogP contribution in [0.15, 0.2) is 200 Å². The van der Waals surface area contributed by atoms with Gasteiger partial charge in [-0.05, 0) is 113 Å². The maximum Gasteiger partial charge on any atom is 0.132 e. The molecule has 1 aliphatic carbocycles. The molecule has 1 aliphatic heterocycles. The Balaban J connectivity index is 1.12. The van der Waals surface area contributed by atoms with Gasteiger partial charge in [-0.1, -0.05) is 170 Å². The largest absolute Gasteiger partial charge is 0.457 e. The van der Waals surface area contributed by atoms with Crippen LogP contribution in [0.1, 0.15) is 22.3 Å². The first-order chi connectivity index (χ1) is 28.2. The van der Waals surface area contributed by atoms with E-state index in [9.17, 15) is 0 Å². The molecule has 0 bridgehead atoms. The number of rotatable bonds is 3. The monoisotopic (exact) mass is 725 g/mol. The summed E-state index contributed by atoms with van der Waals surface area (Å²) in [5.74, 6) is 1.75. The summed E-state index contributed by atoms with van der Waals surface area (Å²) < 4.78 is 6.58. The van der Waals surface area contributed by atoms with Crippen molar-refractivity contribution >= 4 is 38.0 Å². The number of ether oxygens (including phenoxy) is 1. The van der Waals surface area contributed by atoms with Gasteiger partial charge in [0.15, 0.2) is 0 Å². The van der Waals surface area contributed by atoms with Gasteiger partial charge in [-0.2, -0.15) is 0 Å². The third kappa shape index (κ3) is 4.41. The van der Waals surface area contributed by atoms with Gasteiger partial charge in [0.2, 0.25) is 0 Å². The molecule has 0 fully saturated rings. The van der Waals surface area contributed by atoms with Crippen molar-refractivity contribution in [1.82, 2.24) is 0 Å². The van der Waals surface area contributed by atoms with E-state index in [1.165, 1.54) is 71.3 Å². The fourth-order valence-corrected chi connectivity index (χ4v) is 10.2. The van der Waals surface area contributed by atoms with Gasteiger partial charge in [-0.15, -0.1) is 0 Å². The number of anilines is 1. The summed E-state index contributed by atoms with van der Waals surface area (Å²) in [5, 5.41) is 7.38. The second kappa shape index (κ2) is 12.0. The summed E-state index contributed by atoms with van der Waals surface area (Å²) in [6, 6.07) is 72.6. The smallest absolute Gasteiger partial charge is 0.132 e. The highest BCUT2D eigenvalue weighted by molar-refractivity contribution is 6.23. The Labute approximate surface area is 331 Å². The Hall–Kier alpha value is -7.42. The minimum atomic E-state index is -0.577. The zero-order valence-corrected chi connectivity index (χ0v) is 31.0. The van der Waals surface area contributed by atoms with Gasteiger partial charge < -0.3 is 10.5 Å². The molecule has 1 heterocycles. The number of para-hydroxylation sites is 2. The van der Waals surface area contributed by atoms with Crippen molar-refractivity contribution in [2.75, 3.05) is 5.73 Å². The van der Waals surface area contributed by atoms with Gasteiger partial charge in [-0.3, -0.25) is 0 Å². The Morgan fingerprint density at radius 1 is 0.333 bits per heavy atom. The lowest BCUT2D eigenvalue weighted by Gasteiger charge is -2.39. The standard InChI is InChI=1S/C55H35NO/c56-49-25-13-24-48-54(49)44-33-37(29-31-45(44)55(48)46-22-8-10-26-50(46)57-51-27-11-9-23-47(51)55)52-40-17-4-6-19-42(40)53(43-20-7-5-18-41(43)52)39-21-12-16-36-32-35(28-30-38(36)39)34-14-2-1-3-15-34/h1-33H,56H2. The van der Waals surface area contributed by atoms with E-state index in [4.69, 9.17) is 10.5 Å². The van der Waals surface area contributed by atoms with Crippen LogP contribution < -0.4 is 10.5 Å². The summed E-state index contributed by atoms with van der Waals surface area (Å²) in [7, 11) is 0. The van der Waals surface area contributed by atoms with Crippen molar-refractivity contribution in [1.29, 1.82) is 0 Å². The van der Waals surface area contributed by atoms with E-state index in [0.717, 1.165) is 45.0 Å². The van der Waals surface area contributed by atoms with E-state index >= 15 is 0 Å². The van der Waals surface area contributed by atoms with Crippen molar-refractivity contribution < 1.29 is 4.74 Å². The molecule has 10 aromatic carbocycles. The first-order valence-electron chi connectivity index (χ1n) is 19.6. The van der Waals surface area contributed by atoms with Crippen LogP contribution >= 0.6 is 0 Å². The van der Waals surface area contributed by atoms with Crippen LogP contribution in [-0.2, 0) is 5.41 Å². The van der Waals surface area contributed by atoms with Crippen LogP contribution in [0.25, 0.3) is 76.8 Å². The van der Waals surface area contributed by atoms with Crippen LogP contribution in [-0.4, -0.2) is 0 Å². The highest BCUT2D eigenvalue weighted by Gasteiger charge is 2.51. The molecule has 2 nitrogen and oxygen atoms in total. The molecule has 0 atom stereocenters. The Morgan fingerprint density at radius 3 is 1.61 bits per heavy atom. The van der Waals surface area contributed by atoms with Crippen molar-refractivity contribution in [3.63, 3.8) is 0 Å². The summed E-state index contributed by atoms with van der Waals surface area (Å²) in [6.45, 7) is 0. The maximum absolute atomic E-state index is 7.03. The van der Waals surface area contributed by atoms with Gasteiger partial charge in [0.1, 0.15) is 11.5 Å².